The van der Waals surface area contributed by atoms with Gasteiger partial charge >= 0.3 is 5.97 Å². The van der Waals surface area contributed by atoms with Crippen LogP contribution >= 0.6 is 0 Å². The van der Waals surface area contributed by atoms with Crippen molar-refractivity contribution in [2.45, 2.75) is 79.9 Å². The number of carbonyl (C=O) groups is 5. The number of carbonyl (C=O) groups excluding carboxylic acids is 5. The molecule has 0 aliphatic carbocycles. The Kier molecular flexibility index (Phi) is 14.8. The van der Waals surface area contributed by atoms with Crippen LogP contribution in [0.1, 0.15) is 72.8 Å². The molecule has 10 heteroatoms. The minimum atomic E-state index is -0.803. The van der Waals surface area contributed by atoms with Crippen molar-refractivity contribution in [2.75, 3.05) is 25.5 Å². The monoisotopic (exact) mass is 546 g/mol. The topological polar surface area (TPSA) is 134 Å². The lowest BCUT2D eigenvalue weighted by atomic mass is 10.0. The molecule has 0 saturated heterocycles. The summed E-state index contributed by atoms with van der Waals surface area (Å²) in [6.45, 7) is 11.9. The maximum absolute atomic E-state index is 12.7. The molecule has 3 N–H and O–H groups in total. The molecule has 1 aromatic carbocycles. The Bertz CT molecular complexity index is 959. The van der Waals surface area contributed by atoms with E-state index >= 15 is 0 Å². The maximum Gasteiger partial charge on any atom is 0.308 e. The van der Waals surface area contributed by atoms with E-state index in [1.165, 1.54) is 0 Å². The molecular formula is C29H46N4O6. The van der Waals surface area contributed by atoms with Crippen molar-refractivity contribution in [2.24, 2.45) is 17.8 Å². The Balaban J connectivity index is 2.45. The van der Waals surface area contributed by atoms with Crippen LogP contribution in [0.3, 0.4) is 0 Å². The Morgan fingerprint density at radius 1 is 0.897 bits per heavy atom. The highest BCUT2D eigenvalue weighted by atomic mass is 16.5. The van der Waals surface area contributed by atoms with Crippen LogP contribution in [0.25, 0.3) is 0 Å². The number of hydrogen-bond donors (Lipinski definition) is 3. The van der Waals surface area contributed by atoms with Gasteiger partial charge in [0.05, 0.1) is 12.5 Å². The second-order valence-corrected chi connectivity index (χ2v) is 10.9. The van der Waals surface area contributed by atoms with Gasteiger partial charge in [-0.25, -0.2) is 0 Å². The summed E-state index contributed by atoms with van der Waals surface area (Å²) >= 11 is 0. The zero-order valence-electron chi connectivity index (χ0n) is 24.5. The summed E-state index contributed by atoms with van der Waals surface area (Å²) in [6, 6.07) is 6.04. The molecule has 0 aliphatic heterocycles. The van der Waals surface area contributed by atoms with Gasteiger partial charge in [-0.2, -0.15) is 0 Å². The Morgan fingerprint density at radius 3 is 2.10 bits per heavy atom. The van der Waals surface area contributed by atoms with Gasteiger partial charge in [0.1, 0.15) is 12.6 Å². The summed E-state index contributed by atoms with van der Waals surface area (Å²) in [4.78, 5) is 62.9. The maximum atomic E-state index is 12.7. The van der Waals surface area contributed by atoms with Gasteiger partial charge in [0, 0.05) is 32.1 Å². The molecule has 0 fully saturated rings. The Hall–Kier alpha value is -3.43. The first-order valence-electron chi connectivity index (χ1n) is 13.7. The van der Waals surface area contributed by atoms with Crippen molar-refractivity contribution in [3.63, 3.8) is 0 Å². The van der Waals surface area contributed by atoms with E-state index in [4.69, 9.17) is 4.74 Å². The van der Waals surface area contributed by atoms with Crippen LogP contribution in [0.4, 0.5) is 5.69 Å². The number of benzene rings is 1. The molecule has 0 aromatic heterocycles. The van der Waals surface area contributed by atoms with Crippen molar-refractivity contribution in [3.05, 3.63) is 29.8 Å². The van der Waals surface area contributed by atoms with E-state index < -0.39 is 17.9 Å². The highest BCUT2D eigenvalue weighted by Gasteiger charge is 2.24. The molecule has 1 atom stereocenters. The van der Waals surface area contributed by atoms with Gasteiger partial charge in [0.25, 0.3) is 0 Å². The molecule has 0 bridgehead atoms. The number of nitrogens with zero attached hydrogens (tertiary/aromatic N) is 1. The van der Waals surface area contributed by atoms with Crippen LogP contribution < -0.4 is 16.0 Å². The number of hydrogen-bond acceptors (Lipinski definition) is 6. The molecule has 218 valence electrons. The van der Waals surface area contributed by atoms with Crippen molar-refractivity contribution in [3.8, 4) is 0 Å². The van der Waals surface area contributed by atoms with Crippen LogP contribution in [0.15, 0.2) is 24.3 Å². The predicted molar refractivity (Wildman–Crippen MR) is 150 cm³/mol. The first kappa shape index (κ1) is 33.6. The average molecular weight is 547 g/mol. The van der Waals surface area contributed by atoms with E-state index in [0.29, 0.717) is 24.6 Å². The molecular weight excluding hydrogens is 500 g/mol. The Morgan fingerprint density at radius 2 is 1.54 bits per heavy atom. The fraction of sp³-hybridized carbons (Fsp3) is 0.621. The van der Waals surface area contributed by atoms with Gasteiger partial charge in [0.15, 0.2) is 0 Å². The largest absolute Gasteiger partial charge is 0.461 e. The number of anilines is 1. The highest BCUT2D eigenvalue weighted by Crippen LogP contribution is 2.12. The minimum Gasteiger partial charge on any atom is -0.461 e. The van der Waals surface area contributed by atoms with Gasteiger partial charge in [-0.1, -0.05) is 53.7 Å². The molecule has 10 nitrogen and oxygen atoms in total. The summed E-state index contributed by atoms with van der Waals surface area (Å²) in [5.74, 6) is -1.37. The molecule has 0 heterocycles. The van der Waals surface area contributed by atoms with Crippen LogP contribution in [0, 0.1) is 17.8 Å². The van der Waals surface area contributed by atoms with Crippen molar-refractivity contribution < 1.29 is 28.7 Å². The number of rotatable bonds is 16. The van der Waals surface area contributed by atoms with Gasteiger partial charge in [-0.3, -0.25) is 24.0 Å². The summed E-state index contributed by atoms with van der Waals surface area (Å²) in [6.07, 6.45) is 1.72. The number of nitrogens with one attached hydrogen (secondary N) is 3. The van der Waals surface area contributed by atoms with Crippen LogP contribution in [-0.4, -0.2) is 60.7 Å². The highest BCUT2D eigenvalue weighted by molar-refractivity contribution is 5.96. The second-order valence-electron chi connectivity index (χ2n) is 10.9. The molecule has 1 aromatic rings. The van der Waals surface area contributed by atoms with Gasteiger partial charge in [0.2, 0.25) is 23.6 Å². The third-order valence-corrected chi connectivity index (χ3v) is 6.04. The SMILES string of the molecule is CC(C)CCN(C)C(=O)CCCC(=O)NC(C(=O)NCC(=O)Nc1ccc(COC(=O)C(C)C)cc1)C(C)C. The molecule has 4 amide bonds. The van der Waals surface area contributed by atoms with E-state index in [9.17, 15) is 24.0 Å². The summed E-state index contributed by atoms with van der Waals surface area (Å²) in [5, 5.41) is 7.99. The zero-order chi connectivity index (χ0) is 29.5. The average Bonchev–Trinajstić information content (AvgIpc) is 2.87. The lowest BCUT2D eigenvalue weighted by Crippen LogP contribution is -2.51. The van der Waals surface area contributed by atoms with Gasteiger partial charge in [-0.15, -0.1) is 0 Å². The third-order valence-electron chi connectivity index (χ3n) is 6.04. The van der Waals surface area contributed by atoms with Crippen LogP contribution in [0.5, 0.6) is 0 Å². The van der Waals surface area contributed by atoms with E-state index in [1.807, 2.05) is 0 Å². The first-order valence-corrected chi connectivity index (χ1v) is 13.7. The molecule has 1 rings (SSSR count). The third kappa shape index (κ3) is 13.8. The molecule has 0 radical (unpaired) electrons. The summed E-state index contributed by atoms with van der Waals surface area (Å²) < 4.78 is 5.18. The van der Waals surface area contributed by atoms with E-state index in [2.05, 4.69) is 29.8 Å². The fourth-order valence-electron chi connectivity index (χ4n) is 3.44. The normalized spacial score (nSPS) is 11.7. The standard InChI is InChI=1S/C29H46N4O6/c1-19(2)15-16-33(7)26(36)10-8-9-24(34)32-27(20(3)4)28(37)30-17-25(35)31-23-13-11-22(12-14-23)18-39-29(38)21(5)6/h11-14,19-21,27H,8-10,15-18H2,1-7H3,(H,30,37)(H,31,35)(H,32,34). The van der Waals surface area contributed by atoms with E-state index in [-0.39, 0.29) is 55.6 Å². The zero-order valence-corrected chi connectivity index (χ0v) is 24.5. The second kappa shape index (κ2) is 17.2. The molecule has 0 saturated carbocycles. The Labute approximate surface area is 232 Å². The summed E-state index contributed by atoms with van der Waals surface area (Å²) in [5.41, 5.74) is 1.32. The van der Waals surface area contributed by atoms with E-state index in [0.717, 1.165) is 12.0 Å². The number of esters is 1. The van der Waals surface area contributed by atoms with Crippen molar-refractivity contribution in [1.29, 1.82) is 0 Å². The van der Waals surface area contributed by atoms with Crippen LogP contribution in [0.2, 0.25) is 0 Å². The molecule has 39 heavy (non-hydrogen) atoms. The van der Waals surface area contributed by atoms with Gasteiger partial charge in [-0.05, 0) is 42.4 Å². The van der Waals surface area contributed by atoms with Crippen LogP contribution in [-0.2, 0) is 35.3 Å². The smallest absolute Gasteiger partial charge is 0.308 e. The predicted octanol–water partition coefficient (Wildman–Crippen LogP) is 3.26. The van der Waals surface area contributed by atoms with Crippen molar-refractivity contribution in [1.82, 2.24) is 15.5 Å². The molecule has 0 spiro atoms. The van der Waals surface area contributed by atoms with Gasteiger partial charge < -0.3 is 25.6 Å². The molecule has 0 aliphatic rings. The lowest BCUT2D eigenvalue weighted by molar-refractivity contribution is -0.148. The minimum absolute atomic E-state index is 0.00295. The quantitative estimate of drug-likeness (QED) is 0.273. The summed E-state index contributed by atoms with van der Waals surface area (Å²) in [7, 11) is 1.77. The first-order chi connectivity index (χ1) is 18.3. The fourth-order valence-corrected chi connectivity index (χ4v) is 3.44. The lowest BCUT2D eigenvalue weighted by Gasteiger charge is -2.22. The number of amides is 4. The number of ether oxygens (including phenoxy) is 1. The molecule has 1 unspecified atom stereocenters. The van der Waals surface area contributed by atoms with Crippen molar-refractivity contribution >= 4 is 35.3 Å². The van der Waals surface area contributed by atoms with E-state index in [1.54, 1.807) is 63.9 Å².